The van der Waals surface area contributed by atoms with Gasteiger partial charge in [0.05, 0.1) is 21.2 Å². The Kier molecular flexibility index (Phi) is 7.96. The van der Waals surface area contributed by atoms with E-state index in [2.05, 4.69) is 20.3 Å². The zero-order valence-corrected chi connectivity index (χ0v) is 22.4. The van der Waals surface area contributed by atoms with Gasteiger partial charge in [0.15, 0.2) is 13.5 Å². The van der Waals surface area contributed by atoms with Gasteiger partial charge in [-0.3, -0.25) is 5.41 Å². The molecule has 5 rings (SSSR count). The molecular formula is C27H26BFN6O4S. The molecule has 13 heteroatoms. The largest absolute Gasteiger partial charge is 0.467 e. The fourth-order valence-electron chi connectivity index (χ4n) is 4.17. The molecular weight excluding hydrogens is 534 g/mol. The number of aliphatic hydroxyl groups is 1. The Hall–Kier alpha value is -4.07. The molecule has 40 heavy (non-hydrogen) atoms. The molecule has 204 valence electrons. The minimum Gasteiger partial charge on any atom is -0.467 e. The molecule has 1 aliphatic heterocycles. The van der Waals surface area contributed by atoms with Crippen molar-refractivity contribution in [3.05, 3.63) is 81.8 Å². The van der Waals surface area contributed by atoms with Gasteiger partial charge in [-0.25, -0.2) is 19.3 Å². The lowest BCUT2D eigenvalue weighted by Crippen LogP contribution is -2.32. The van der Waals surface area contributed by atoms with Crippen molar-refractivity contribution in [1.82, 2.24) is 15.0 Å². The molecule has 2 aromatic heterocycles. The van der Waals surface area contributed by atoms with Crippen LogP contribution in [0.1, 0.15) is 33.9 Å². The van der Waals surface area contributed by atoms with Gasteiger partial charge in [0.1, 0.15) is 41.0 Å². The van der Waals surface area contributed by atoms with Crippen LogP contribution >= 0.6 is 11.3 Å². The highest BCUT2D eigenvalue weighted by Crippen LogP contribution is 2.32. The van der Waals surface area contributed by atoms with Gasteiger partial charge in [-0.2, -0.15) is 0 Å². The Labute approximate surface area is 235 Å². The van der Waals surface area contributed by atoms with E-state index < -0.39 is 11.5 Å². The lowest BCUT2D eigenvalue weighted by molar-refractivity contribution is -0.0648. The fourth-order valence-corrected chi connectivity index (χ4v) is 4.89. The number of thiazole rings is 1. The van der Waals surface area contributed by atoms with Crippen molar-refractivity contribution in [2.24, 2.45) is 0 Å². The van der Waals surface area contributed by atoms with Crippen LogP contribution in [0.4, 0.5) is 16.0 Å². The van der Waals surface area contributed by atoms with Gasteiger partial charge in [-0.05, 0) is 44.0 Å². The molecule has 0 bridgehead atoms. The Morgan fingerprint density at radius 1 is 1.15 bits per heavy atom. The summed E-state index contributed by atoms with van der Waals surface area (Å²) in [4.78, 5) is 12.7. The summed E-state index contributed by atoms with van der Waals surface area (Å²) in [6, 6.07) is 10.5. The van der Waals surface area contributed by atoms with E-state index in [0.717, 1.165) is 30.2 Å². The molecule has 4 aromatic rings. The van der Waals surface area contributed by atoms with Gasteiger partial charge < -0.3 is 30.4 Å². The van der Waals surface area contributed by atoms with Crippen LogP contribution in [-0.4, -0.2) is 52.9 Å². The average Bonchev–Trinajstić information content (AvgIpc) is 3.36. The normalized spacial score (nSPS) is 15.3. The first kappa shape index (κ1) is 27.5. The third-order valence-electron chi connectivity index (χ3n) is 6.16. The highest BCUT2D eigenvalue weighted by atomic mass is 32.1. The van der Waals surface area contributed by atoms with Crippen LogP contribution < -0.4 is 20.5 Å². The Morgan fingerprint density at radius 2 is 1.88 bits per heavy atom. The van der Waals surface area contributed by atoms with Crippen molar-refractivity contribution in [2.45, 2.75) is 31.5 Å². The summed E-state index contributed by atoms with van der Waals surface area (Å²) in [6.07, 6.45) is 4.41. The smallest absolute Gasteiger partial charge is 0.192 e. The minimum atomic E-state index is -2.19. The summed E-state index contributed by atoms with van der Waals surface area (Å²) in [7, 11) is 5.90. The molecule has 5 N–H and O–H groups in total. The maximum Gasteiger partial charge on any atom is 0.192 e. The van der Waals surface area contributed by atoms with E-state index >= 15 is 0 Å². The number of aryl methyl sites for hydroxylation is 1. The molecule has 1 saturated heterocycles. The number of benzene rings is 2. The van der Waals surface area contributed by atoms with E-state index in [0.29, 0.717) is 40.9 Å². The summed E-state index contributed by atoms with van der Waals surface area (Å²) >= 11 is 1.16. The van der Waals surface area contributed by atoms with E-state index in [9.17, 15) is 9.50 Å². The molecule has 1 unspecified atom stereocenters. The van der Waals surface area contributed by atoms with E-state index in [1.165, 1.54) is 24.7 Å². The lowest BCUT2D eigenvalue weighted by Gasteiger charge is -2.25. The number of nitrogens with one attached hydrogen (secondary N) is 2. The number of halogens is 1. The van der Waals surface area contributed by atoms with Crippen molar-refractivity contribution in [3.8, 4) is 17.2 Å². The van der Waals surface area contributed by atoms with Crippen molar-refractivity contribution >= 4 is 36.5 Å². The van der Waals surface area contributed by atoms with Crippen LogP contribution in [0.2, 0.25) is 0 Å². The Morgan fingerprint density at radius 3 is 2.58 bits per heavy atom. The number of rotatable bonds is 9. The van der Waals surface area contributed by atoms with Crippen molar-refractivity contribution in [2.75, 3.05) is 24.3 Å². The summed E-state index contributed by atoms with van der Waals surface area (Å²) in [5.74, 6) is 0.505. The number of nitrogens with zero attached hydrogens (tertiary/aromatic N) is 3. The molecule has 0 saturated carbocycles. The first-order valence-corrected chi connectivity index (χ1v) is 13.3. The van der Waals surface area contributed by atoms with E-state index in [-0.39, 0.29) is 33.9 Å². The number of nitrogens with two attached hydrogens (primary N) is 1. The second kappa shape index (κ2) is 11.6. The summed E-state index contributed by atoms with van der Waals surface area (Å²) in [6.45, 7) is 3.07. The van der Waals surface area contributed by atoms with Gasteiger partial charge in [0.25, 0.3) is 0 Å². The summed E-state index contributed by atoms with van der Waals surface area (Å²) in [5, 5.41) is 23.4. The molecule has 1 fully saturated rings. The quantitative estimate of drug-likeness (QED) is 0.135. The predicted molar refractivity (Wildman–Crippen MR) is 150 cm³/mol. The molecule has 2 aromatic carbocycles. The zero-order chi connectivity index (χ0) is 28.3. The maximum absolute atomic E-state index is 14.4. The summed E-state index contributed by atoms with van der Waals surface area (Å²) in [5.41, 5.74) is 5.05. The minimum absolute atomic E-state index is 0.0337. The van der Waals surface area contributed by atoms with Crippen molar-refractivity contribution in [1.29, 1.82) is 5.41 Å². The first-order valence-electron chi connectivity index (χ1n) is 12.4. The van der Waals surface area contributed by atoms with Gasteiger partial charge in [-0.15, -0.1) is 11.3 Å². The molecule has 2 radical (unpaired) electrons. The number of aromatic nitrogens is 3. The number of hydrogen-bond acceptors (Lipinski definition) is 11. The monoisotopic (exact) mass is 560 g/mol. The highest BCUT2D eigenvalue weighted by Gasteiger charge is 2.28. The number of ether oxygens (including phenoxy) is 3. The van der Waals surface area contributed by atoms with Crippen LogP contribution in [0.25, 0.3) is 0 Å². The van der Waals surface area contributed by atoms with Crippen molar-refractivity contribution in [3.63, 3.8) is 0 Å². The molecule has 1 atom stereocenters. The maximum atomic E-state index is 14.4. The Bertz CT molecular complexity index is 1510. The topological polar surface area (TPSA) is 148 Å². The zero-order valence-electron chi connectivity index (χ0n) is 21.6. The second-order valence-electron chi connectivity index (χ2n) is 9.18. The van der Waals surface area contributed by atoms with Gasteiger partial charge in [0.2, 0.25) is 0 Å². The third kappa shape index (κ3) is 6.38. The molecule has 0 spiro atoms. The van der Waals surface area contributed by atoms with Gasteiger partial charge in [-0.1, -0.05) is 0 Å². The predicted octanol–water partition coefficient (Wildman–Crippen LogP) is 4.11. The number of hydrogen-bond donors (Lipinski definition) is 4. The van der Waals surface area contributed by atoms with Gasteiger partial charge in [0, 0.05) is 49.2 Å². The second-order valence-corrected chi connectivity index (χ2v) is 10.4. The third-order valence-corrected chi connectivity index (χ3v) is 7.18. The summed E-state index contributed by atoms with van der Waals surface area (Å²) < 4.78 is 31.0. The lowest BCUT2D eigenvalue weighted by atomic mass is 9.93. The number of nitrogen functional groups attached to an aromatic ring is 1. The Balaban J connectivity index is 1.31. The first-order chi connectivity index (χ1) is 19.2. The van der Waals surface area contributed by atoms with Gasteiger partial charge >= 0.3 is 0 Å². The highest BCUT2D eigenvalue weighted by molar-refractivity contribution is 7.11. The molecule has 0 aliphatic carbocycles. The van der Waals surface area contributed by atoms with E-state index in [1.807, 2.05) is 0 Å². The standard InChI is InChI=1S/C27H26BFN6O4S/c1-15-32-13-22(40-15)27(28,36)39-21-11-17(29)10-20(12-21)38-19-4-2-16(3-5-19)24(30)23-25(31)33-14-34-26(23)35-18-6-8-37-9-7-18/h2-5,10-14,18,30,36H,6-9H2,1H3,(H3,31,33,34,35). The SMILES string of the molecule is [B]C(O)(Oc1cc(F)cc(Oc2ccc(C(=N)c3c(N)ncnc3NC3CCOCC3)cc2)c1)c1cnc(C)s1. The molecule has 1 aliphatic rings. The van der Waals surface area contributed by atoms with Crippen LogP contribution in [0, 0.1) is 18.2 Å². The van der Waals surface area contributed by atoms with Crippen LogP contribution in [0.5, 0.6) is 17.2 Å². The average molecular weight is 560 g/mol. The van der Waals surface area contributed by atoms with Crippen LogP contribution in [0.15, 0.2) is 55.0 Å². The number of anilines is 2. The van der Waals surface area contributed by atoms with Crippen LogP contribution in [0.3, 0.4) is 0 Å². The fraction of sp³-hybridized carbons (Fsp3) is 0.259. The van der Waals surface area contributed by atoms with E-state index in [1.54, 1.807) is 31.2 Å². The van der Waals surface area contributed by atoms with E-state index in [4.69, 9.17) is 33.2 Å². The molecule has 3 heterocycles. The molecule has 10 nitrogen and oxygen atoms in total. The van der Waals surface area contributed by atoms with Crippen molar-refractivity contribution < 1.29 is 23.7 Å². The van der Waals surface area contributed by atoms with Crippen LogP contribution in [-0.2, 0) is 10.4 Å². The molecule has 0 amide bonds.